The fourth-order valence-corrected chi connectivity index (χ4v) is 4.14. The van der Waals surface area contributed by atoms with Crippen molar-refractivity contribution < 1.29 is 9.53 Å². The Morgan fingerprint density at radius 2 is 1.64 bits per heavy atom. The van der Waals surface area contributed by atoms with Gasteiger partial charge in [-0.2, -0.15) is 0 Å². The molecule has 2 heterocycles. The highest BCUT2D eigenvalue weighted by atomic mass is 16.5. The molecule has 0 aliphatic carbocycles. The number of fused-ring (bicyclic) bond motifs is 1. The molecule has 5 nitrogen and oxygen atoms in total. The molecule has 148 valence electrons. The predicted molar refractivity (Wildman–Crippen MR) is 112 cm³/mol. The van der Waals surface area contributed by atoms with E-state index in [1.807, 2.05) is 24.0 Å². The molecule has 0 N–H and O–H groups in total. The Morgan fingerprint density at radius 3 is 2.43 bits per heavy atom. The van der Waals surface area contributed by atoms with Gasteiger partial charge in [-0.05, 0) is 36.6 Å². The van der Waals surface area contributed by atoms with E-state index >= 15 is 0 Å². The van der Waals surface area contributed by atoms with Gasteiger partial charge >= 0.3 is 0 Å². The monoisotopic (exact) mass is 379 g/mol. The van der Waals surface area contributed by atoms with Crippen LogP contribution in [0.3, 0.4) is 0 Å². The van der Waals surface area contributed by atoms with E-state index in [1.54, 1.807) is 0 Å². The highest BCUT2D eigenvalue weighted by Gasteiger charge is 2.25. The Morgan fingerprint density at radius 1 is 0.929 bits per heavy atom. The summed E-state index contributed by atoms with van der Waals surface area (Å²) in [5.74, 6) is 1.19. The smallest absolute Gasteiger partial charge is 0.237 e. The summed E-state index contributed by atoms with van der Waals surface area (Å²) >= 11 is 0. The Labute approximate surface area is 167 Å². The van der Waals surface area contributed by atoms with Crippen LogP contribution in [-0.2, 0) is 17.8 Å². The number of para-hydroxylation sites is 2. The van der Waals surface area contributed by atoms with E-state index in [-0.39, 0.29) is 5.91 Å². The van der Waals surface area contributed by atoms with Gasteiger partial charge in [0.2, 0.25) is 5.91 Å². The van der Waals surface area contributed by atoms with Crippen molar-refractivity contribution in [3.63, 3.8) is 0 Å². The quantitative estimate of drug-likeness (QED) is 0.800. The van der Waals surface area contributed by atoms with Crippen molar-refractivity contribution >= 4 is 11.6 Å². The lowest BCUT2D eigenvalue weighted by Crippen LogP contribution is -2.50. The lowest BCUT2D eigenvalue weighted by atomic mass is 10.00. The predicted octanol–water partition coefficient (Wildman–Crippen LogP) is 2.79. The van der Waals surface area contributed by atoms with Crippen molar-refractivity contribution in [2.45, 2.75) is 19.9 Å². The number of hydrogen-bond donors (Lipinski definition) is 0. The number of ether oxygens (including phenoxy) is 1. The molecule has 5 heteroatoms. The number of carbonyl (C=O) groups is 1. The summed E-state index contributed by atoms with van der Waals surface area (Å²) in [5.41, 5.74) is 3.83. The molecular weight excluding hydrogens is 350 g/mol. The average molecular weight is 380 g/mol. The Kier molecular flexibility index (Phi) is 5.81. The number of benzene rings is 2. The average Bonchev–Trinajstić information content (AvgIpc) is 2.75. The van der Waals surface area contributed by atoms with E-state index < -0.39 is 0 Å². The third-order valence-corrected chi connectivity index (χ3v) is 5.72. The molecule has 1 saturated heterocycles. The van der Waals surface area contributed by atoms with Crippen LogP contribution in [0.15, 0.2) is 48.5 Å². The zero-order chi connectivity index (χ0) is 19.3. The first-order valence-corrected chi connectivity index (χ1v) is 10.3. The van der Waals surface area contributed by atoms with Gasteiger partial charge in [0.15, 0.2) is 0 Å². The number of piperazine rings is 1. The Balaban J connectivity index is 1.31. The van der Waals surface area contributed by atoms with E-state index in [9.17, 15) is 4.79 Å². The van der Waals surface area contributed by atoms with Gasteiger partial charge in [0.1, 0.15) is 5.75 Å². The molecule has 2 aliphatic heterocycles. The maximum Gasteiger partial charge on any atom is 0.237 e. The van der Waals surface area contributed by atoms with Crippen LogP contribution in [-0.4, -0.2) is 61.6 Å². The number of amides is 1. The second-order valence-corrected chi connectivity index (χ2v) is 7.50. The normalized spacial score (nSPS) is 17.3. The molecule has 1 amide bonds. The first-order valence-electron chi connectivity index (χ1n) is 10.3. The molecule has 2 aromatic carbocycles. The van der Waals surface area contributed by atoms with E-state index in [2.05, 4.69) is 46.2 Å². The minimum absolute atomic E-state index is 0.248. The number of anilines is 1. The zero-order valence-electron chi connectivity index (χ0n) is 16.6. The molecule has 0 unspecified atom stereocenters. The fourth-order valence-electron chi connectivity index (χ4n) is 4.14. The van der Waals surface area contributed by atoms with Gasteiger partial charge in [0, 0.05) is 39.3 Å². The van der Waals surface area contributed by atoms with Crippen molar-refractivity contribution in [2.24, 2.45) is 0 Å². The molecular formula is C23H29N3O2. The van der Waals surface area contributed by atoms with Crippen LogP contribution in [0, 0.1) is 0 Å². The zero-order valence-corrected chi connectivity index (χ0v) is 16.6. The first kappa shape index (κ1) is 18.8. The summed E-state index contributed by atoms with van der Waals surface area (Å²) in [6.45, 7) is 8.41. The highest BCUT2D eigenvalue weighted by Crippen LogP contribution is 2.28. The van der Waals surface area contributed by atoms with Gasteiger partial charge in [0.25, 0.3) is 0 Å². The van der Waals surface area contributed by atoms with Crippen LogP contribution >= 0.6 is 0 Å². The molecule has 2 aromatic rings. The SMILES string of the molecule is CCOc1ccccc1N1CCN(CC(=O)N2CCc3ccccc3C2)CC1. The summed E-state index contributed by atoms with van der Waals surface area (Å²) in [5, 5.41) is 0. The molecule has 4 rings (SSSR count). The van der Waals surface area contributed by atoms with E-state index in [4.69, 9.17) is 4.74 Å². The fraction of sp³-hybridized carbons (Fsp3) is 0.435. The minimum Gasteiger partial charge on any atom is -0.492 e. The molecule has 0 saturated carbocycles. The van der Waals surface area contributed by atoms with E-state index in [0.29, 0.717) is 13.2 Å². The summed E-state index contributed by atoms with van der Waals surface area (Å²) in [7, 11) is 0. The molecule has 0 aromatic heterocycles. The number of nitrogens with zero attached hydrogens (tertiary/aromatic N) is 3. The molecule has 0 spiro atoms. The first-order chi connectivity index (χ1) is 13.7. The lowest BCUT2D eigenvalue weighted by molar-refractivity contribution is -0.133. The van der Waals surface area contributed by atoms with Crippen molar-refractivity contribution in [2.75, 3.05) is 50.8 Å². The Bertz CT molecular complexity index is 815. The van der Waals surface area contributed by atoms with E-state index in [1.165, 1.54) is 11.1 Å². The topological polar surface area (TPSA) is 36.0 Å². The highest BCUT2D eigenvalue weighted by molar-refractivity contribution is 5.78. The van der Waals surface area contributed by atoms with Gasteiger partial charge in [0.05, 0.1) is 18.8 Å². The van der Waals surface area contributed by atoms with Crippen LogP contribution < -0.4 is 9.64 Å². The molecule has 28 heavy (non-hydrogen) atoms. The van der Waals surface area contributed by atoms with Gasteiger partial charge in [-0.25, -0.2) is 0 Å². The minimum atomic E-state index is 0.248. The summed E-state index contributed by atoms with van der Waals surface area (Å²) < 4.78 is 5.77. The van der Waals surface area contributed by atoms with Crippen LogP contribution in [0.1, 0.15) is 18.1 Å². The van der Waals surface area contributed by atoms with Crippen molar-refractivity contribution in [3.8, 4) is 5.75 Å². The number of rotatable bonds is 5. The van der Waals surface area contributed by atoms with Crippen LogP contribution in [0.5, 0.6) is 5.75 Å². The van der Waals surface area contributed by atoms with Gasteiger partial charge < -0.3 is 14.5 Å². The van der Waals surface area contributed by atoms with Gasteiger partial charge in [-0.3, -0.25) is 9.69 Å². The van der Waals surface area contributed by atoms with Gasteiger partial charge in [-0.1, -0.05) is 36.4 Å². The maximum atomic E-state index is 12.8. The van der Waals surface area contributed by atoms with Crippen molar-refractivity contribution in [1.82, 2.24) is 9.80 Å². The van der Waals surface area contributed by atoms with Crippen LogP contribution in [0.2, 0.25) is 0 Å². The second kappa shape index (κ2) is 8.65. The number of hydrogen-bond acceptors (Lipinski definition) is 4. The molecule has 1 fully saturated rings. The molecule has 0 atom stereocenters. The third-order valence-electron chi connectivity index (χ3n) is 5.72. The third kappa shape index (κ3) is 4.14. The van der Waals surface area contributed by atoms with Crippen LogP contribution in [0.25, 0.3) is 0 Å². The van der Waals surface area contributed by atoms with E-state index in [0.717, 1.165) is 57.1 Å². The van der Waals surface area contributed by atoms with Crippen LogP contribution in [0.4, 0.5) is 5.69 Å². The largest absolute Gasteiger partial charge is 0.492 e. The number of carbonyl (C=O) groups excluding carboxylic acids is 1. The standard InChI is InChI=1S/C23H29N3O2/c1-2-28-22-10-6-5-9-21(22)25-15-13-24(14-16-25)18-23(27)26-12-11-19-7-3-4-8-20(19)17-26/h3-10H,2,11-18H2,1H3. The maximum absolute atomic E-state index is 12.8. The van der Waals surface area contributed by atoms with Crippen molar-refractivity contribution in [1.29, 1.82) is 0 Å². The second-order valence-electron chi connectivity index (χ2n) is 7.50. The summed E-state index contributed by atoms with van der Waals surface area (Å²) in [6, 6.07) is 16.7. The molecule has 0 radical (unpaired) electrons. The van der Waals surface area contributed by atoms with Crippen molar-refractivity contribution in [3.05, 3.63) is 59.7 Å². The summed E-state index contributed by atoms with van der Waals surface area (Å²) in [4.78, 5) is 19.5. The molecule has 0 bridgehead atoms. The van der Waals surface area contributed by atoms with Gasteiger partial charge in [-0.15, -0.1) is 0 Å². The molecule has 2 aliphatic rings. The Hall–Kier alpha value is -2.53. The lowest BCUT2D eigenvalue weighted by Gasteiger charge is -2.37. The summed E-state index contributed by atoms with van der Waals surface area (Å²) in [6.07, 6.45) is 0.962.